The predicted octanol–water partition coefficient (Wildman–Crippen LogP) is 2.42. The van der Waals surface area contributed by atoms with E-state index in [-0.39, 0.29) is 0 Å². The number of benzene rings is 1. The maximum absolute atomic E-state index is 5.81. The number of aryl methyl sites for hydroxylation is 1. The predicted molar refractivity (Wildman–Crippen MR) is 90.6 cm³/mol. The molecule has 4 nitrogen and oxygen atoms in total. The summed E-state index contributed by atoms with van der Waals surface area (Å²) in [6, 6.07) is 8.27. The lowest BCUT2D eigenvalue weighted by molar-refractivity contribution is 0.0430. The van der Waals surface area contributed by atoms with E-state index in [0.29, 0.717) is 6.10 Å². The molecule has 1 aliphatic rings. The van der Waals surface area contributed by atoms with Crippen molar-refractivity contribution in [3.8, 4) is 5.75 Å². The first-order chi connectivity index (χ1) is 10.6. The van der Waals surface area contributed by atoms with Crippen LogP contribution >= 0.6 is 0 Å². The van der Waals surface area contributed by atoms with Crippen molar-refractivity contribution in [2.24, 2.45) is 0 Å². The summed E-state index contributed by atoms with van der Waals surface area (Å²) < 4.78 is 11.4. The standard InChI is InChI=1S/C18H30N2O2/c1-16(2)21-14-12-19-8-10-20(11-9-19)13-15-22-18-6-4-17(3)5-7-18/h4-7,16H,8-15H2,1-3H3. The van der Waals surface area contributed by atoms with Crippen LogP contribution in [0.4, 0.5) is 0 Å². The molecule has 1 aliphatic heterocycles. The Morgan fingerprint density at radius 1 is 0.909 bits per heavy atom. The second-order valence-corrected chi connectivity index (χ2v) is 6.26. The first-order valence-electron chi connectivity index (χ1n) is 8.39. The van der Waals surface area contributed by atoms with Gasteiger partial charge in [0.2, 0.25) is 0 Å². The summed E-state index contributed by atoms with van der Waals surface area (Å²) in [4.78, 5) is 4.97. The van der Waals surface area contributed by atoms with Crippen molar-refractivity contribution in [2.75, 3.05) is 52.5 Å². The van der Waals surface area contributed by atoms with Crippen LogP contribution in [-0.4, -0.2) is 68.4 Å². The average molecular weight is 306 g/mol. The van der Waals surface area contributed by atoms with E-state index in [1.807, 2.05) is 12.1 Å². The third-order valence-corrected chi connectivity index (χ3v) is 4.02. The van der Waals surface area contributed by atoms with Gasteiger partial charge in [0.05, 0.1) is 12.7 Å². The molecule has 0 aromatic heterocycles. The Balaban J connectivity index is 1.56. The normalized spacial score (nSPS) is 17.1. The third kappa shape index (κ3) is 6.34. The van der Waals surface area contributed by atoms with Gasteiger partial charge in [0.15, 0.2) is 0 Å². The third-order valence-electron chi connectivity index (χ3n) is 4.02. The largest absolute Gasteiger partial charge is 0.492 e. The van der Waals surface area contributed by atoms with Crippen molar-refractivity contribution in [1.82, 2.24) is 9.80 Å². The van der Waals surface area contributed by atoms with Crippen LogP contribution in [0.1, 0.15) is 19.4 Å². The van der Waals surface area contributed by atoms with E-state index >= 15 is 0 Å². The molecule has 0 saturated carbocycles. The Morgan fingerprint density at radius 3 is 2.00 bits per heavy atom. The van der Waals surface area contributed by atoms with Gasteiger partial charge in [0.25, 0.3) is 0 Å². The molecule has 1 aromatic rings. The van der Waals surface area contributed by atoms with Crippen LogP contribution in [-0.2, 0) is 4.74 Å². The first kappa shape index (κ1) is 17.3. The fraction of sp³-hybridized carbons (Fsp3) is 0.667. The van der Waals surface area contributed by atoms with Crippen molar-refractivity contribution < 1.29 is 9.47 Å². The number of rotatable bonds is 8. The highest BCUT2D eigenvalue weighted by atomic mass is 16.5. The fourth-order valence-electron chi connectivity index (χ4n) is 2.58. The van der Waals surface area contributed by atoms with E-state index in [9.17, 15) is 0 Å². The highest BCUT2D eigenvalue weighted by Crippen LogP contribution is 2.11. The van der Waals surface area contributed by atoms with Crippen LogP contribution in [0.25, 0.3) is 0 Å². The summed E-state index contributed by atoms with van der Waals surface area (Å²) in [6.07, 6.45) is 0.334. The second kappa shape index (κ2) is 9.13. The number of hydrogen-bond donors (Lipinski definition) is 0. The summed E-state index contributed by atoms with van der Waals surface area (Å²) in [5.41, 5.74) is 1.27. The van der Waals surface area contributed by atoms with Gasteiger partial charge in [-0.1, -0.05) is 17.7 Å². The van der Waals surface area contributed by atoms with Crippen molar-refractivity contribution in [1.29, 1.82) is 0 Å². The lowest BCUT2D eigenvalue weighted by Crippen LogP contribution is -2.48. The lowest BCUT2D eigenvalue weighted by Gasteiger charge is -2.34. The number of ether oxygens (including phenoxy) is 2. The maximum Gasteiger partial charge on any atom is 0.119 e. The molecule has 4 heteroatoms. The molecular formula is C18H30N2O2. The van der Waals surface area contributed by atoms with Gasteiger partial charge in [-0.25, -0.2) is 0 Å². The Kier molecular flexibility index (Phi) is 7.16. The van der Waals surface area contributed by atoms with E-state index in [1.165, 1.54) is 5.56 Å². The summed E-state index contributed by atoms with van der Waals surface area (Å²) in [7, 11) is 0. The van der Waals surface area contributed by atoms with Gasteiger partial charge in [-0.2, -0.15) is 0 Å². The maximum atomic E-state index is 5.81. The first-order valence-corrected chi connectivity index (χ1v) is 8.39. The van der Waals surface area contributed by atoms with Gasteiger partial charge < -0.3 is 9.47 Å². The zero-order valence-corrected chi connectivity index (χ0v) is 14.3. The van der Waals surface area contributed by atoms with E-state index in [4.69, 9.17) is 9.47 Å². The zero-order valence-electron chi connectivity index (χ0n) is 14.3. The highest BCUT2D eigenvalue weighted by Gasteiger charge is 2.16. The summed E-state index contributed by atoms with van der Waals surface area (Å²) in [5.74, 6) is 0.968. The van der Waals surface area contributed by atoms with Gasteiger partial charge in [-0.3, -0.25) is 9.80 Å². The summed E-state index contributed by atoms with van der Waals surface area (Å²) in [6.45, 7) is 14.4. The molecule has 0 N–H and O–H groups in total. The summed E-state index contributed by atoms with van der Waals surface area (Å²) in [5, 5.41) is 0. The van der Waals surface area contributed by atoms with E-state index in [0.717, 1.165) is 58.2 Å². The van der Waals surface area contributed by atoms with Crippen LogP contribution in [0.15, 0.2) is 24.3 Å². The molecule has 124 valence electrons. The molecule has 2 rings (SSSR count). The Hall–Kier alpha value is -1.10. The smallest absolute Gasteiger partial charge is 0.119 e. The van der Waals surface area contributed by atoms with Gasteiger partial charge in [0, 0.05) is 39.3 Å². The van der Waals surface area contributed by atoms with Crippen molar-refractivity contribution in [2.45, 2.75) is 26.9 Å². The molecule has 1 fully saturated rings. The summed E-state index contributed by atoms with van der Waals surface area (Å²) >= 11 is 0. The van der Waals surface area contributed by atoms with Crippen LogP contribution < -0.4 is 4.74 Å². The Morgan fingerprint density at radius 2 is 1.45 bits per heavy atom. The molecule has 0 amide bonds. The molecular weight excluding hydrogens is 276 g/mol. The molecule has 1 aromatic carbocycles. The van der Waals surface area contributed by atoms with Crippen molar-refractivity contribution in [3.05, 3.63) is 29.8 Å². The molecule has 0 spiro atoms. The Bertz CT molecular complexity index is 412. The van der Waals surface area contributed by atoms with Gasteiger partial charge in [-0.15, -0.1) is 0 Å². The number of nitrogens with zero attached hydrogens (tertiary/aromatic N) is 2. The van der Waals surface area contributed by atoms with Crippen LogP contribution in [0, 0.1) is 6.92 Å². The average Bonchev–Trinajstić information content (AvgIpc) is 2.50. The van der Waals surface area contributed by atoms with E-state index < -0.39 is 0 Å². The second-order valence-electron chi connectivity index (χ2n) is 6.26. The minimum Gasteiger partial charge on any atom is -0.492 e. The molecule has 0 bridgehead atoms. The SMILES string of the molecule is Cc1ccc(OCCN2CCN(CCOC(C)C)CC2)cc1. The zero-order chi connectivity index (χ0) is 15.8. The number of hydrogen-bond acceptors (Lipinski definition) is 4. The van der Waals surface area contributed by atoms with Gasteiger partial charge in [-0.05, 0) is 32.9 Å². The Labute approximate surface area is 135 Å². The van der Waals surface area contributed by atoms with Crippen LogP contribution in [0.2, 0.25) is 0 Å². The van der Waals surface area contributed by atoms with Gasteiger partial charge in [0.1, 0.15) is 12.4 Å². The van der Waals surface area contributed by atoms with E-state index in [2.05, 4.69) is 42.7 Å². The van der Waals surface area contributed by atoms with Crippen LogP contribution in [0.5, 0.6) is 5.75 Å². The minimum absolute atomic E-state index is 0.334. The van der Waals surface area contributed by atoms with Gasteiger partial charge >= 0.3 is 0 Å². The highest BCUT2D eigenvalue weighted by molar-refractivity contribution is 5.26. The quantitative estimate of drug-likeness (QED) is 0.736. The van der Waals surface area contributed by atoms with Crippen molar-refractivity contribution >= 4 is 0 Å². The molecule has 0 aliphatic carbocycles. The molecule has 1 heterocycles. The molecule has 0 radical (unpaired) electrons. The molecule has 0 atom stereocenters. The lowest BCUT2D eigenvalue weighted by atomic mass is 10.2. The molecule has 0 unspecified atom stereocenters. The van der Waals surface area contributed by atoms with Crippen molar-refractivity contribution in [3.63, 3.8) is 0 Å². The van der Waals surface area contributed by atoms with Crippen LogP contribution in [0.3, 0.4) is 0 Å². The number of piperazine rings is 1. The topological polar surface area (TPSA) is 24.9 Å². The molecule has 22 heavy (non-hydrogen) atoms. The fourth-order valence-corrected chi connectivity index (χ4v) is 2.58. The minimum atomic E-state index is 0.334. The molecule has 1 saturated heterocycles. The van der Waals surface area contributed by atoms with E-state index in [1.54, 1.807) is 0 Å². The monoisotopic (exact) mass is 306 g/mol.